The van der Waals surface area contributed by atoms with Gasteiger partial charge in [-0.2, -0.15) is 12.6 Å². The molecule has 2 heteroatoms. The van der Waals surface area contributed by atoms with E-state index in [0.717, 1.165) is 25.3 Å². The van der Waals surface area contributed by atoms with Crippen molar-refractivity contribution >= 4 is 18.3 Å². The Labute approximate surface area is 120 Å². The van der Waals surface area contributed by atoms with Crippen molar-refractivity contribution < 1.29 is 0 Å². The second kappa shape index (κ2) is 5.30. The Balaban J connectivity index is 2.07. The van der Waals surface area contributed by atoms with E-state index in [1.54, 1.807) is 0 Å². The highest BCUT2D eigenvalue weighted by atomic mass is 32.1. The summed E-state index contributed by atoms with van der Waals surface area (Å²) in [4.78, 5) is 2.43. The first-order valence-electron chi connectivity index (χ1n) is 6.91. The lowest BCUT2D eigenvalue weighted by molar-refractivity contribution is 0.867. The number of nitrogens with zero attached hydrogens (tertiary/aromatic N) is 1. The Hall–Kier alpha value is -1.41. The van der Waals surface area contributed by atoms with E-state index in [0.29, 0.717) is 0 Å². The molecule has 0 heterocycles. The highest BCUT2D eigenvalue weighted by molar-refractivity contribution is 7.80. The fourth-order valence-electron chi connectivity index (χ4n) is 3.01. The average Bonchev–Trinajstić information content (AvgIpc) is 2.83. The minimum Gasteiger partial charge on any atom is -0.371 e. The highest BCUT2D eigenvalue weighted by Gasteiger charge is 2.22. The minimum absolute atomic E-state index is 0.893. The van der Waals surface area contributed by atoms with Crippen molar-refractivity contribution in [3.05, 3.63) is 53.6 Å². The number of fused-ring (bicyclic) bond motifs is 3. The van der Waals surface area contributed by atoms with Crippen LogP contribution >= 0.6 is 12.6 Å². The monoisotopic (exact) mass is 269 g/mol. The molecule has 0 aliphatic heterocycles. The van der Waals surface area contributed by atoms with E-state index in [9.17, 15) is 0 Å². The van der Waals surface area contributed by atoms with Crippen LogP contribution in [0.2, 0.25) is 0 Å². The molecule has 3 rings (SSSR count). The second-order valence-corrected chi connectivity index (χ2v) is 5.39. The van der Waals surface area contributed by atoms with Gasteiger partial charge in [-0.15, -0.1) is 0 Å². The molecule has 1 aliphatic carbocycles. The van der Waals surface area contributed by atoms with Gasteiger partial charge in [-0.1, -0.05) is 36.4 Å². The smallest absolute Gasteiger partial charge is 0.0408 e. The number of hydrogen-bond donors (Lipinski definition) is 1. The molecular formula is C17H19NS. The van der Waals surface area contributed by atoms with Crippen LogP contribution in [0.5, 0.6) is 0 Å². The van der Waals surface area contributed by atoms with Crippen LogP contribution in [0.25, 0.3) is 11.1 Å². The summed E-state index contributed by atoms with van der Waals surface area (Å²) in [6.45, 7) is 4.25. The number of hydrogen-bond acceptors (Lipinski definition) is 2. The van der Waals surface area contributed by atoms with Crippen molar-refractivity contribution in [1.29, 1.82) is 0 Å². The Morgan fingerprint density at radius 2 is 1.84 bits per heavy atom. The fraction of sp³-hybridized carbons (Fsp3) is 0.294. The Kier molecular flexibility index (Phi) is 3.52. The largest absolute Gasteiger partial charge is 0.371 e. The van der Waals surface area contributed by atoms with Crippen molar-refractivity contribution in [1.82, 2.24) is 0 Å². The summed E-state index contributed by atoms with van der Waals surface area (Å²) in [7, 11) is 0. The van der Waals surface area contributed by atoms with Gasteiger partial charge in [-0.25, -0.2) is 0 Å². The quantitative estimate of drug-likeness (QED) is 0.700. The van der Waals surface area contributed by atoms with Gasteiger partial charge in [0.2, 0.25) is 0 Å². The van der Waals surface area contributed by atoms with Crippen molar-refractivity contribution in [2.45, 2.75) is 13.3 Å². The lowest BCUT2D eigenvalue weighted by Crippen LogP contribution is -2.25. The van der Waals surface area contributed by atoms with Gasteiger partial charge in [0.1, 0.15) is 0 Å². The lowest BCUT2D eigenvalue weighted by Gasteiger charge is -2.25. The maximum atomic E-state index is 4.38. The van der Waals surface area contributed by atoms with E-state index >= 15 is 0 Å². The van der Waals surface area contributed by atoms with Crippen LogP contribution in [-0.2, 0) is 6.42 Å². The molecule has 0 fully saturated rings. The Morgan fingerprint density at radius 1 is 1.05 bits per heavy atom. The topological polar surface area (TPSA) is 3.24 Å². The standard InChI is InChI=1S/C17H19NS/c1-2-18(10-11-19)17-9-5-8-15-14-7-4-3-6-13(14)12-16(15)17/h3-9,19H,2,10-12H2,1H3. The molecule has 0 radical (unpaired) electrons. The number of rotatable bonds is 4. The first kappa shape index (κ1) is 12.6. The molecule has 0 saturated carbocycles. The summed E-state index contributed by atoms with van der Waals surface area (Å²) >= 11 is 4.38. The van der Waals surface area contributed by atoms with Crippen LogP contribution in [0, 0.1) is 0 Å². The minimum atomic E-state index is 0.893. The molecule has 0 unspecified atom stereocenters. The van der Waals surface area contributed by atoms with Crippen LogP contribution in [0.15, 0.2) is 42.5 Å². The molecule has 2 aromatic carbocycles. The van der Waals surface area contributed by atoms with Gasteiger partial charge in [0.25, 0.3) is 0 Å². The molecule has 0 spiro atoms. The van der Waals surface area contributed by atoms with Gasteiger partial charge in [-0.3, -0.25) is 0 Å². The summed E-state index contributed by atoms with van der Waals surface area (Å²) < 4.78 is 0. The summed E-state index contributed by atoms with van der Waals surface area (Å²) in [6.07, 6.45) is 1.06. The number of benzene rings is 2. The second-order valence-electron chi connectivity index (χ2n) is 4.94. The summed E-state index contributed by atoms with van der Waals surface area (Å²) in [5.41, 5.74) is 7.12. The molecular weight excluding hydrogens is 250 g/mol. The van der Waals surface area contributed by atoms with Crippen molar-refractivity contribution in [2.24, 2.45) is 0 Å². The van der Waals surface area contributed by atoms with Gasteiger partial charge in [0.05, 0.1) is 0 Å². The summed E-state index contributed by atoms with van der Waals surface area (Å²) in [6, 6.07) is 15.4. The molecule has 0 aromatic heterocycles. The number of thiol groups is 1. The molecule has 1 nitrogen and oxygen atoms in total. The van der Waals surface area contributed by atoms with E-state index in [1.165, 1.54) is 27.9 Å². The van der Waals surface area contributed by atoms with E-state index in [4.69, 9.17) is 0 Å². The van der Waals surface area contributed by atoms with Crippen LogP contribution < -0.4 is 4.90 Å². The normalized spacial score (nSPS) is 12.1. The fourth-order valence-corrected chi connectivity index (χ4v) is 3.25. The van der Waals surface area contributed by atoms with Gasteiger partial charge in [0.15, 0.2) is 0 Å². The van der Waals surface area contributed by atoms with Gasteiger partial charge >= 0.3 is 0 Å². The maximum Gasteiger partial charge on any atom is 0.0408 e. The van der Waals surface area contributed by atoms with Crippen molar-refractivity contribution in [2.75, 3.05) is 23.7 Å². The summed E-state index contributed by atoms with van der Waals surface area (Å²) in [5.74, 6) is 0.893. The van der Waals surface area contributed by atoms with E-state index < -0.39 is 0 Å². The molecule has 98 valence electrons. The zero-order valence-electron chi connectivity index (χ0n) is 11.3. The van der Waals surface area contributed by atoms with Crippen molar-refractivity contribution in [3.63, 3.8) is 0 Å². The van der Waals surface area contributed by atoms with E-state index in [-0.39, 0.29) is 0 Å². The molecule has 0 N–H and O–H groups in total. The zero-order chi connectivity index (χ0) is 13.2. The first-order valence-corrected chi connectivity index (χ1v) is 7.54. The van der Waals surface area contributed by atoms with Crippen LogP contribution in [0.4, 0.5) is 5.69 Å². The predicted molar refractivity (Wildman–Crippen MR) is 86.4 cm³/mol. The van der Waals surface area contributed by atoms with Gasteiger partial charge < -0.3 is 4.90 Å². The SMILES string of the molecule is CCN(CCS)c1cccc2c1Cc1ccccc1-2. The number of anilines is 1. The van der Waals surface area contributed by atoms with Crippen LogP contribution in [0.1, 0.15) is 18.1 Å². The van der Waals surface area contributed by atoms with E-state index in [1.807, 2.05) is 0 Å². The molecule has 0 saturated heterocycles. The van der Waals surface area contributed by atoms with Crippen LogP contribution in [-0.4, -0.2) is 18.8 Å². The highest BCUT2D eigenvalue weighted by Crippen LogP contribution is 2.41. The maximum absolute atomic E-state index is 4.38. The predicted octanol–water partition coefficient (Wildman–Crippen LogP) is 4.01. The third-order valence-electron chi connectivity index (χ3n) is 3.92. The molecule has 2 aromatic rings. The zero-order valence-corrected chi connectivity index (χ0v) is 12.2. The molecule has 0 atom stereocenters. The summed E-state index contributed by atoms with van der Waals surface area (Å²) in [5, 5.41) is 0. The van der Waals surface area contributed by atoms with Gasteiger partial charge in [-0.05, 0) is 35.2 Å². The third-order valence-corrected chi connectivity index (χ3v) is 4.12. The van der Waals surface area contributed by atoms with Crippen molar-refractivity contribution in [3.8, 4) is 11.1 Å². The van der Waals surface area contributed by atoms with E-state index in [2.05, 4.69) is 66.9 Å². The molecule has 19 heavy (non-hydrogen) atoms. The molecule has 0 bridgehead atoms. The third kappa shape index (κ3) is 2.14. The Morgan fingerprint density at radius 3 is 2.63 bits per heavy atom. The Bertz CT molecular complexity index is 592. The molecule has 1 aliphatic rings. The van der Waals surface area contributed by atoms with Gasteiger partial charge in [0, 0.05) is 31.0 Å². The first-order chi connectivity index (χ1) is 9.35. The average molecular weight is 269 g/mol. The lowest BCUT2D eigenvalue weighted by atomic mass is 10.0. The molecule has 0 amide bonds. The van der Waals surface area contributed by atoms with Crippen LogP contribution in [0.3, 0.4) is 0 Å².